The molecule has 0 nitrogen and oxygen atoms in total. The molecule has 0 atom stereocenters. The summed E-state index contributed by atoms with van der Waals surface area (Å²) >= 11 is 0. The highest BCUT2D eigenvalue weighted by Gasteiger charge is 2.05. The molecule has 0 aromatic heterocycles. The summed E-state index contributed by atoms with van der Waals surface area (Å²) in [7, 11) is 0.103. The number of hydrogen-bond acceptors (Lipinski definition) is 0. The molecule has 2 heteroatoms. The lowest BCUT2D eigenvalue weighted by atomic mass is 10.6. The van der Waals surface area contributed by atoms with Gasteiger partial charge in [-0.05, 0) is 0 Å². The Morgan fingerprint density at radius 1 is 0.727 bits per heavy atom. The molecule has 0 saturated carbocycles. The Hall–Kier alpha value is 0.507. The maximum absolute atomic E-state index is 2.32. The third kappa shape index (κ3) is 8.41. The molecule has 0 fully saturated rings. The van der Waals surface area contributed by atoms with Crippen LogP contribution in [0.3, 0.4) is 0 Å². The summed E-state index contributed by atoms with van der Waals surface area (Å²) in [4.78, 5) is 0. The van der Waals surface area contributed by atoms with Gasteiger partial charge in [0.1, 0.15) is 0 Å². The first-order valence-corrected chi connectivity index (χ1v) is 6.80. The van der Waals surface area contributed by atoms with Crippen molar-refractivity contribution < 1.29 is 0 Å². The summed E-state index contributed by atoms with van der Waals surface area (Å²) in [6.07, 6.45) is 4.23. The second-order valence-electron chi connectivity index (χ2n) is 3.00. The SMILES string of the molecule is CCC[Si](CCC)CCC.Cl. The lowest BCUT2D eigenvalue weighted by molar-refractivity contribution is 0.957. The summed E-state index contributed by atoms with van der Waals surface area (Å²) in [5.41, 5.74) is 0. The first kappa shape index (κ1) is 14.1. The van der Waals surface area contributed by atoms with Crippen LogP contribution in [0.1, 0.15) is 40.0 Å². The van der Waals surface area contributed by atoms with E-state index < -0.39 is 0 Å². The van der Waals surface area contributed by atoms with E-state index in [1.165, 1.54) is 19.3 Å². The van der Waals surface area contributed by atoms with E-state index >= 15 is 0 Å². The van der Waals surface area contributed by atoms with Crippen LogP contribution in [-0.2, 0) is 0 Å². The predicted octanol–water partition coefficient (Wildman–Crippen LogP) is 4.13. The second-order valence-corrected chi connectivity index (χ2v) is 6.00. The Balaban J connectivity index is 0. The normalized spacial score (nSPS) is 9.82. The van der Waals surface area contributed by atoms with Crippen LogP contribution in [0.5, 0.6) is 0 Å². The van der Waals surface area contributed by atoms with Crippen LogP contribution in [0.15, 0.2) is 0 Å². The highest BCUT2D eigenvalue weighted by Crippen LogP contribution is 2.11. The fourth-order valence-corrected chi connectivity index (χ4v) is 4.31. The molecular weight excluding hydrogens is 172 g/mol. The van der Waals surface area contributed by atoms with E-state index in [0.29, 0.717) is 0 Å². The van der Waals surface area contributed by atoms with Crippen LogP contribution >= 0.6 is 12.4 Å². The maximum Gasteiger partial charge on any atom is 0.0478 e. The average molecular weight is 194 g/mol. The molecule has 11 heavy (non-hydrogen) atoms. The molecule has 0 heterocycles. The third-order valence-electron chi connectivity index (χ3n) is 1.81. The van der Waals surface area contributed by atoms with E-state index in [-0.39, 0.29) is 21.2 Å². The van der Waals surface area contributed by atoms with Crippen molar-refractivity contribution in [3.05, 3.63) is 0 Å². The molecule has 0 N–H and O–H groups in total. The first-order valence-electron chi connectivity index (χ1n) is 4.68. The van der Waals surface area contributed by atoms with Crippen LogP contribution in [0.4, 0.5) is 0 Å². The summed E-state index contributed by atoms with van der Waals surface area (Å²) in [6.45, 7) is 6.95. The molecule has 0 bridgehead atoms. The zero-order valence-electron chi connectivity index (χ0n) is 8.15. The van der Waals surface area contributed by atoms with Crippen molar-refractivity contribution in [2.45, 2.75) is 58.2 Å². The van der Waals surface area contributed by atoms with E-state index in [0.717, 1.165) is 0 Å². The number of rotatable bonds is 6. The van der Waals surface area contributed by atoms with Gasteiger partial charge in [0.15, 0.2) is 0 Å². The van der Waals surface area contributed by atoms with Gasteiger partial charge in [0, 0.05) is 8.80 Å². The van der Waals surface area contributed by atoms with Gasteiger partial charge < -0.3 is 0 Å². The molecule has 0 saturated heterocycles. The molecule has 0 aliphatic heterocycles. The minimum absolute atomic E-state index is 0. The van der Waals surface area contributed by atoms with Crippen molar-refractivity contribution in [1.82, 2.24) is 0 Å². The average Bonchev–Trinajstić information content (AvgIpc) is 1.90. The van der Waals surface area contributed by atoms with Crippen molar-refractivity contribution in [1.29, 1.82) is 0 Å². The van der Waals surface area contributed by atoms with Gasteiger partial charge >= 0.3 is 0 Å². The minimum atomic E-state index is 0. The smallest absolute Gasteiger partial charge is 0.0478 e. The molecule has 0 aliphatic rings. The Morgan fingerprint density at radius 2 is 1.00 bits per heavy atom. The molecule has 0 aromatic carbocycles. The summed E-state index contributed by atoms with van der Waals surface area (Å²) < 4.78 is 0. The second kappa shape index (κ2) is 10.5. The van der Waals surface area contributed by atoms with Gasteiger partial charge in [0.25, 0.3) is 0 Å². The zero-order chi connectivity index (χ0) is 7.82. The third-order valence-corrected chi connectivity index (χ3v) is 5.43. The largest absolute Gasteiger partial charge is 0.147 e. The predicted molar refractivity (Wildman–Crippen MR) is 58.3 cm³/mol. The molecule has 0 aliphatic carbocycles. The number of halogens is 1. The Kier molecular flexibility index (Phi) is 13.4. The lowest BCUT2D eigenvalue weighted by Gasteiger charge is -2.10. The van der Waals surface area contributed by atoms with Gasteiger partial charge in [-0.2, -0.15) is 0 Å². The van der Waals surface area contributed by atoms with Crippen molar-refractivity contribution in [2.75, 3.05) is 0 Å². The van der Waals surface area contributed by atoms with Crippen molar-refractivity contribution in [3.63, 3.8) is 0 Å². The molecule has 0 unspecified atom stereocenters. The highest BCUT2D eigenvalue weighted by atomic mass is 35.5. The Morgan fingerprint density at radius 3 is 1.18 bits per heavy atom. The number of hydrogen-bond donors (Lipinski definition) is 0. The summed E-state index contributed by atoms with van der Waals surface area (Å²) in [5.74, 6) is 0. The van der Waals surface area contributed by atoms with Crippen molar-refractivity contribution in [3.8, 4) is 0 Å². The molecule has 1 radical (unpaired) electrons. The Labute approximate surface area is 79.8 Å². The topological polar surface area (TPSA) is 0 Å². The fourth-order valence-electron chi connectivity index (χ4n) is 1.44. The highest BCUT2D eigenvalue weighted by molar-refractivity contribution is 6.58. The molecule has 0 aromatic rings. The van der Waals surface area contributed by atoms with Gasteiger partial charge in [-0.3, -0.25) is 0 Å². The maximum atomic E-state index is 2.32. The summed E-state index contributed by atoms with van der Waals surface area (Å²) in [5, 5.41) is 0. The van der Waals surface area contributed by atoms with Crippen LogP contribution in [-0.4, -0.2) is 8.80 Å². The monoisotopic (exact) mass is 193 g/mol. The first-order chi connectivity index (χ1) is 4.85. The molecule has 0 rings (SSSR count). The van der Waals surface area contributed by atoms with E-state index in [1.807, 2.05) is 0 Å². The Bertz CT molecular complexity index is 52.3. The van der Waals surface area contributed by atoms with E-state index in [2.05, 4.69) is 20.8 Å². The molecule has 0 amide bonds. The van der Waals surface area contributed by atoms with Gasteiger partial charge in [0.05, 0.1) is 0 Å². The molecule has 0 spiro atoms. The zero-order valence-corrected chi connectivity index (χ0v) is 9.97. The lowest BCUT2D eigenvalue weighted by Crippen LogP contribution is -2.09. The standard InChI is InChI=1S/C9H21Si.ClH/c1-4-7-10(8-5-2)9-6-3;/h4-9H2,1-3H3;1H. The van der Waals surface area contributed by atoms with Crippen LogP contribution < -0.4 is 0 Å². The summed E-state index contributed by atoms with van der Waals surface area (Å²) in [6, 6.07) is 4.64. The van der Waals surface area contributed by atoms with Crippen molar-refractivity contribution in [2.24, 2.45) is 0 Å². The van der Waals surface area contributed by atoms with Crippen LogP contribution in [0.25, 0.3) is 0 Å². The minimum Gasteiger partial charge on any atom is -0.147 e. The van der Waals surface area contributed by atoms with E-state index in [4.69, 9.17) is 0 Å². The van der Waals surface area contributed by atoms with Gasteiger partial charge in [0.2, 0.25) is 0 Å². The quantitative estimate of drug-likeness (QED) is 0.557. The van der Waals surface area contributed by atoms with Gasteiger partial charge in [-0.15, -0.1) is 12.4 Å². The van der Waals surface area contributed by atoms with Gasteiger partial charge in [-0.25, -0.2) is 0 Å². The fraction of sp³-hybridized carbons (Fsp3) is 1.00. The van der Waals surface area contributed by atoms with Crippen LogP contribution in [0.2, 0.25) is 18.1 Å². The van der Waals surface area contributed by atoms with E-state index in [9.17, 15) is 0 Å². The van der Waals surface area contributed by atoms with Gasteiger partial charge in [-0.1, -0.05) is 58.2 Å². The van der Waals surface area contributed by atoms with Crippen molar-refractivity contribution >= 4 is 21.2 Å². The molecule has 69 valence electrons. The van der Waals surface area contributed by atoms with Crippen LogP contribution in [0, 0.1) is 0 Å². The molecular formula is C9H22ClSi. The van der Waals surface area contributed by atoms with E-state index in [1.54, 1.807) is 18.1 Å².